The third kappa shape index (κ3) is 3.61. The molecule has 0 saturated heterocycles. The zero-order chi connectivity index (χ0) is 10.4. The maximum absolute atomic E-state index is 3.63. The summed E-state index contributed by atoms with van der Waals surface area (Å²) in [5, 5.41) is 3.63. The van der Waals surface area contributed by atoms with Crippen molar-refractivity contribution in [2.45, 2.75) is 65.3 Å². The zero-order valence-electron chi connectivity index (χ0n) is 10.2. The Balaban J connectivity index is 2.26. The molecule has 0 aromatic carbocycles. The lowest BCUT2D eigenvalue weighted by Gasteiger charge is -2.32. The van der Waals surface area contributed by atoms with Gasteiger partial charge in [-0.3, -0.25) is 0 Å². The molecule has 0 aromatic rings. The van der Waals surface area contributed by atoms with Gasteiger partial charge < -0.3 is 5.32 Å². The normalized spacial score (nSPS) is 23.4. The lowest BCUT2D eigenvalue weighted by Crippen LogP contribution is -2.36. The third-order valence-electron chi connectivity index (χ3n) is 3.90. The number of hydrogen-bond donors (Lipinski definition) is 1. The lowest BCUT2D eigenvalue weighted by molar-refractivity contribution is 0.219. The van der Waals surface area contributed by atoms with Gasteiger partial charge in [0.1, 0.15) is 0 Å². The van der Waals surface area contributed by atoms with Crippen LogP contribution < -0.4 is 5.32 Å². The first-order chi connectivity index (χ1) is 6.75. The van der Waals surface area contributed by atoms with Crippen molar-refractivity contribution in [3.05, 3.63) is 0 Å². The highest BCUT2D eigenvalue weighted by Crippen LogP contribution is 2.31. The van der Waals surface area contributed by atoms with Crippen LogP contribution in [0.5, 0.6) is 0 Å². The summed E-state index contributed by atoms with van der Waals surface area (Å²) in [6.07, 6.45) is 8.60. The highest BCUT2D eigenvalue weighted by molar-refractivity contribution is 4.78. The number of nitrogens with one attached hydrogen (secondary N) is 1. The van der Waals surface area contributed by atoms with Crippen LogP contribution in [0.2, 0.25) is 0 Å². The summed E-state index contributed by atoms with van der Waals surface area (Å²) in [7, 11) is 0. The van der Waals surface area contributed by atoms with E-state index in [9.17, 15) is 0 Å². The molecule has 1 aliphatic rings. The van der Waals surface area contributed by atoms with E-state index in [1.807, 2.05) is 0 Å². The van der Waals surface area contributed by atoms with Crippen LogP contribution in [0.3, 0.4) is 0 Å². The van der Waals surface area contributed by atoms with Crippen LogP contribution in [0.4, 0.5) is 0 Å². The first kappa shape index (κ1) is 12.0. The van der Waals surface area contributed by atoms with Gasteiger partial charge in [0.2, 0.25) is 0 Å². The van der Waals surface area contributed by atoms with E-state index in [2.05, 4.69) is 26.1 Å². The second kappa shape index (κ2) is 6.44. The molecule has 0 aliphatic heterocycles. The summed E-state index contributed by atoms with van der Waals surface area (Å²) in [4.78, 5) is 0. The Labute approximate surface area is 89.7 Å². The number of rotatable bonds is 5. The van der Waals surface area contributed by atoms with E-state index in [0.717, 1.165) is 11.8 Å². The van der Waals surface area contributed by atoms with Crippen molar-refractivity contribution in [1.29, 1.82) is 0 Å². The van der Waals surface area contributed by atoms with Crippen LogP contribution >= 0.6 is 0 Å². The average Bonchev–Trinajstić information content (AvgIpc) is 2.26. The molecular formula is C13H27N. The van der Waals surface area contributed by atoms with Crippen LogP contribution in [0.25, 0.3) is 0 Å². The molecule has 0 aromatic heterocycles. The fraction of sp³-hybridized carbons (Fsp3) is 1.00. The van der Waals surface area contributed by atoms with E-state index in [1.165, 1.54) is 45.1 Å². The molecule has 14 heavy (non-hydrogen) atoms. The second-order valence-corrected chi connectivity index (χ2v) is 5.00. The van der Waals surface area contributed by atoms with Crippen molar-refractivity contribution < 1.29 is 0 Å². The molecule has 1 nitrogen and oxygen atoms in total. The molecule has 1 aliphatic carbocycles. The van der Waals surface area contributed by atoms with Crippen molar-refractivity contribution in [2.75, 3.05) is 6.54 Å². The number of hydrogen-bond acceptors (Lipinski definition) is 1. The Morgan fingerprint density at radius 3 is 2.36 bits per heavy atom. The average molecular weight is 197 g/mol. The summed E-state index contributed by atoms with van der Waals surface area (Å²) < 4.78 is 0. The Morgan fingerprint density at radius 1 is 1.14 bits per heavy atom. The molecule has 0 heterocycles. The molecular weight excluding hydrogens is 170 g/mol. The monoisotopic (exact) mass is 197 g/mol. The van der Waals surface area contributed by atoms with Crippen molar-refractivity contribution in [3.63, 3.8) is 0 Å². The molecule has 1 rings (SSSR count). The summed E-state index contributed by atoms with van der Waals surface area (Å²) in [5.74, 6) is 1.85. The fourth-order valence-corrected chi connectivity index (χ4v) is 2.63. The smallest absolute Gasteiger partial charge is 0.00670 e. The molecule has 2 unspecified atom stereocenters. The summed E-state index contributed by atoms with van der Waals surface area (Å²) in [6, 6.07) is 0.707. The minimum absolute atomic E-state index is 0.707. The zero-order valence-corrected chi connectivity index (χ0v) is 10.2. The molecule has 1 N–H and O–H groups in total. The van der Waals surface area contributed by atoms with E-state index in [1.54, 1.807) is 0 Å². The van der Waals surface area contributed by atoms with Crippen molar-refractivity contribution in [3.8, 4) is 0 Å². The maximum Gasteiger partial charge on any atom is 0.00670 e. The molecule has 84 valence electrons. The predicted molar refractivity (Wildman–Crippen MR) is 63.5 cm³/mol. The molecule has 1 fully saturated rings. The van der Waals surface area contributed by atoms with Crippen LogP contribution in [0, 0.1) is 11.8 Å². The largest absolute Gasteiger partial charge is 0.314 e. The van der Waals surface area contributed by atoms with Crippen LogP contribution in [-0.2, 0) is 0 Å². The first-order valence-electron chi connectivity index (χ1n) is 6.49. The van der Waals surface area contributed by atoms with E-state index in [4.69, 9.17) is 0 Å². The Kier molecular flexibility index (Phi) is 5.54. The molecule has 2 atom stereocenters. The predicted octanol–water partition coefficient (Wildman–Crippen LogP) is 3.59. The molecule has 1 heteroatoms. The van der Waals surface area contributed by atoms with E-state index in [0.29, 0.717) is 6.04 Å². The van der Waals surface area contributed by atoms with Gasteiger partial charge in [-0.05, 0) is 31.7 Å². The van der Waals surface area contributed by atoms with Gasteiger partial charge in [-0.2, -0.15) is 0 Å². The van der Waals surface area contributed by atoms with Gasteiger partial charge >= 0.3 is 0 Å². The first-order valence-corrected chi connectivity index (χ1v) is 6.49. The Morgan fingerprint density at radius 2 is 1.79 bits per heavy atom. The van der Waals surface area contributed by atoms with Gasteiger partial charge in [0.05, 0.1) is 0 Å². The SMILES string of the molecule is CCCNC(C)C(C)C1CCCCC1. The van der Waals surface area contributed by atoms with Crippen LogP contribution in [0.1, 0.15) is 59.3 Å². The molecule has 0 spiro atoms. The van der Waals surface area contributed by atoms with Crippen molar-refractivity contribution in [1.82, 2.24) is 5.32 Å². The van der Waals surface area contributed by atoms with Gasteiger partial charge in [-0.15, -0.1) is 0 Å². The highest BCUT2D eigenvalue weighted by Gasteiger charge is 2.23. The fourth-order valence-electron chi connectivity index (χ4n) is 2.63. The summed E-state index contributed by atoms with van der Waals surface area (Å²) in [6.45, 7) is 8.21. The van der Waals surface area contributed by atoms with E-state index in [-0.39, 0.29) is 0 Å². The molecule has 0 amide bonds. The highest BCUT2D eigenvalue weighted by atomic mass is 14.9. The Hall–Kier alpha value is -0.0400. The van der Waals surface area contributed by atoms with Gasteiger partial charge in [0.25, 0.3) is 0 Å². The topological polar surface area (TPSA) is 12.0 Å². The van der Waals surface area contributed by atoms with E-state index >= 15 is 0 Å². The van der Waals surface area contributed by atoms with Gasteiger partial charge in [-0.25, -0.2) is 0 Å². The quantitative estimate of drug-likeness (QED) is 0.710. The minimum atomic E-state index is 0.707. The Bertz CT molecular complexity index is 138. The van der Waals surface area contributed by atoms with E-state index < -0.39 is 0 Å². The van der Waals surface area contributed by atoms with Crippen molar-refractivity contribution in [2.24, 2.45) is 11.8 Å². The van der Waals surface area contributed by atoms with Gasteiger partial charge in [0.15, 0.2) is 0 Å². The second-order valence-electron chi connectivity index (χ2n) is 5.00. The summed E-state index contributed by atoms with van der Waals surface area (Å²) in [5.41, 5.74) is 0. The summed E-state index contributed by atoms with van der Waals surface area (Å²) >= 11 is 0. The van der Waals surface area contributed by atoms with Crippen LogP contribution in [0.15, 0.2) is 0 Å². The third-order valence-corrected chi connectivity index (χ3v) is 3.90. The molecule has 0 bridgehead atoms. The van der Waals surface area contributed by atoms with Crippen LogP contribution in [-0.4, -0.2) is 12.6 Å². The minimum Gasteiger partial charge on any atom is -0.314 e. The lowest BCUT2D eigenvalue weighted by atomic mass is 9.78. The molecule has 0 radical (unpaired) electrons. The van der Waals surface area contributed by atoms with Gasteiger partial charge in [0, 0.05) is 6.04 Å². The maximum atomic E-state index is 3.63. The van der Waals surface area contributed by atoms with Crippen molar-refractivity contribution >= 4 is 0 Å². The standard InChI is InChI=1S/C13H27N/c1-4-10-14-12(3)11(2)13-8-6-5-7-9-13/h11-14H,4-10H2,1-3H3. The van der Waals surface area contributed by atoms with Gasteiger partial charge in [-0.1, -0.05) is 46.0 Å². The molecule has 1 saturated carbocycles.